The Hall–Kier alpha value is -2.50. The van der Waals surface area contributed by atoms with E-state index in [1.807, 2.05) is 6.07 Å². The number of benzene rings is 1. The van der Waals surface area contributed by atoms with Crippen LogP contribution >= 0.6 is 0 Å². The molecule has 3 rings (SSSR count). The number of hydrogen-bond donors (Lipinski definition) is 0. The molecule has 2 heterocycles. The van der Waals surface area contributed by atoms with Gasteiger partial charge in [0.2, 0.25) is 0 Å². The van der Waals surface area contributed by atoms with Crippen LogP contribution < -0.4 is 0 Å². The minimum atomic E-state index is -4.38. The van der Waals surface area contributed by atoms with Crippen LogP contribution in [-0.2, 0) is 6.18 Å². The van der Waals surface area contributed by atoms with Crippen molar-refractivity contribution in [1.82, 2.24) is 9.78 Å². The lowest BCUT2D eigenvalue weighted by Crippen LogP contribution is -2.02. The van der Waals surface area contributed by atoms with E-state index in [1.54, 1.807) is 36.6 Å². The summed E-state index contributed by atoms with van der Waals surface area (Å²) in [5.74, 6) is 0.702. The maximum absolute atomic E-state index is 12.5. The van der Waals surface area contributed by atoms with Gasteiger partial charge in [0.15, 0.2) is 0 Å². The number of halogens is 3. The molecule has 3 aromatic rings. The van der Waals surface area contributed by atoms with Gasteiger partial charge in [-0.25, -0.2) is 4.68 Å². The number of furan rings is 1. The number of rotatable bonds is 2. The van der Waals surface area contributed by atoms with E-state index >= 15 is 0 Å². The quantitative estimate of drug-likeness (QED) is 0.705. The van der Waals surface area contributed by atoms with E-state index in [1.165, 1.54) is 4.68 Å². The van der Waals surface area contributed by atoms with Crippen LogP contribution in [0.2, 0.25) is 0 Å². The first-order valence-electron chi connectivity index (χ1n) is 5.80. The van der Waals surface area contributed by atoms with Crippen LogP contribution in [0.25, 0.3) is 17.0 Å². The van der Waals surface area contributed by atoms with E-state index in [9.17, 15) is 13.2 Å². The zero-order chi connectivity index (χ0) is 14.2. The predicted octanol–water partition coefficient (Wildman–Crippen LogP) is 4.15. The monoisotopic (exact) mass is 278 g/mol. The van der Waals surface area contributed by atoms with Crippen LogP contribution in [0.4, 0.5) is 13.2 Å². The van der Waals surface area contributed by atoms with Crippen molar-refractivity contribution in [1.29, 1.82) is 0 Å². The van der Waals surface area contributed by atoms with E-state index in [-0.39, 0.29) is 0 Å². The van der Waals surface area contributed by atoms with Gasteiger partial charge in [0.1, 0.15) is 5.76 Å². The molecule has 0 N–H and O–H groups in total. The highest BCUT2D eigenvalue weighted by Gasteiger charge is 2.32. The van der Waals surface area contributed by atoms with Gasteiger partial charge in [-0.3, -0.25) is 0 Å². The summed E-state index contributed by atoms with van der Waals surface area (Å²) in [6, 6.07) is 10.5. The third-order valence-electron chi connectivity index (χ3n) is 2.85. The van der Waals surface area contributed by atoms with Crippen molar-refractivity contribution >= 4 is 0 Å². The molecule has 6 heteroatoms. The van der Waals surface area contributed by atoms with E-state index in [0.29, 0.717) is 11.4 Å². The summed E-state index contributed by atoms with van der Waals surface area (Å²) in [4.78, 5) is 0. The molecule has 0 radical (unpaired) electrons. The maximum Gasteiger partial charge on any atom is 0.419 e. The molecule has 0 aliphatic carbocycles. The van der Waals surface area contributed by atoms with Crippen LogP contribution in [0.3, 0.4) is 0 Å². The Morgan fingerprint density at radius 2 is 1.80 bits per heavy atom. The molecule has 0 saturated carbocycles. The first-order chi connectivity index (χ1) is 9.54. The summed E-state index contributed by atoms with van der Waals surface area (Å²) in [5, 5.41) is 3.72. The highest BCUT2D eigenvalue weighted by molar-refractivity contribution is 5.58. The van der Waals surface area contributed by atoms with Gasteiger partial charge in [-0.2, -0.15) is 18.3 Å². The van der Waals surface area contributed by atoms with E-state index in [0.717, 1.165) is 18.0 Å². The predicted molar refractivity (Wildman–Crippen MR) is 66.3 cm³/mol. The molecule has 2 aromatic heterocycles. The van der Waals surface area contributed by atoms with Crippen molar-refractivity contribution < 1.29 is 17.6 Å². The highest BCUT2D eigenvalue weighted by atomic mass is 19.4. The molecular formula is C14H9F3N2O. The molecular weight excluding hydrogens is 269 g/mol. The molecule has 0 atom stereocenters. The Bertz CT molecular complexity index is 697. The molecule has 0 fully saturated rings. The minimum Gasteiger partial charge on any atom is -0.464 e. The molecule has 1 aromatic carbocycles. The third-order valence-corrected chi connectivity index (χ3v) is 2.85. The van der Waals surface area contributed by atoms with E-state index in [2.05, 4.69) is 5.10 Å². The molecule has 0 unspecified atom stereocenters. The number of hydrogen-bond acceptors (Lipinski definition) is 2. The van der Waals surface area contributed by atoms with E-state index < -0.39 is 11.7 Å². The largest absolute Gasteiger partial charge is 0.464 e. The molecule has 3 nitrogen and oxygen atoms in total. The van der Waals surface area contributed by atoms with Crippen molar-refractivity contribution in [2.75, 3.05) is 0 Å². The minimum absolute atomic E-state index is 0.552. The SMILES string of the molecule is FC(F)(F)c1cnn(-c2ccc(-c3ccco3)cc2)c1. The summed E-state index contributed by atoms with van der Waals surface area (Å²) in [7, 11) is 0. The Morgan fingerprint density at radius 1 is 1.05 bits per heavy atom. The molecule has 0 aliphatic rings. The second kappa shape index (κ2) is 4.56. The van der Waals surface area contributed by atoms with Crippen molar-refractivity contribution in [2.24, 2.45) is 0 Å². The fourth-order valence-corrected chi connectivity index (χ4v) is 1.83. The lowest BCUT2D eigenvalue weighted by Gasteiger charge is -2.03. The Morgan fingerprint density at radius 3 is 2.35 bits per heavy atom. The molecule has 0 saturated heterocycles. The van der Waals surface area contributed by atoms with Gasteiger partial charge in [0.25, 0.3) is 0 Å². The van der Waals surface area contributed by atoms with Crippen LogP contribution in [0, 0.1) is 0 Å². The third kappa shape index (κ3) is 2.32. The van der Waals surface area contributed by atoms with Gasteiger partial charge in [-0.05, 0) is 36.4 Å². The van der Waals surface area contributed by atoms with E-state index in [4.69, 9.17) is 4.42 Å². The normalized spacial score (nSPS) is 11.8. The summed E-state index contributed by atoms with van der Waals surface area (Å²) in [6.07, 6.45) is -1.05. The van der Waals surface area contributed by atoms with Gasteiger partial charge in [0.05, 0.1) is 23.7 Å². The topological polar surface area (TPSA) is 31.0 Å². The average Bonchev–Trinajstić information content (AvgIpc) is 3.10. The van der Waals surface area contributed by atoms with Crippen molar-refractivity contribution in [3.8, 4) is 17.0 Å². The maximum atomic E-state index is 12.5. The fraction of sp³-hybridized carbons (Fsp3) is 0.0714. The van der Waals surface area contributed by atoms with Crippen LogP contribution in [0.5, 0.6) is 0 Å². The van der Waals surface area contributed by atoms with Crippen molar-refractivity contribution in [3.05, 3.63) is 60.6 Å². The summed E-state index contributed by atoms with van der Waals surface area (Å²) in [6.45, 7) is 0. The van der Waals surface area contributed by atoms with Crippen molar-refractivity contribution in [3.63, 3.8) is 0 Å². The van der Waals surface area contributed by atoms with Crippen LogP contribution in [0.15, 0.2) is 59.5 Å². The van der Waals surface area contributed by atoms with Gasteiger partial charge >= 0.3 is 6.18 Å². The standard InChI is InChI=1S/C14H9F3N2O/c15-14(16,17)11-8-18-19(9-11)12-5-3-10(4-6-12)13-2-1-7-20-13/h1-9H. The number of alkyl halides is 3. The molecule has 0 spiro atoms. The molecule has 0 aliphatic heterocycles. The Kier molecular flexibility index (Phi) is 2.85. The number of nitrogens with zero attached hydrogens (tertiary/aromatic N) is 2. The zero-order valence-electron chi connectivity index (χ0n) is 10.1. The molecule has 0 bridgehead atoms. The first kappa shape index (κ1) is 12.5. The second-order valence-electron chi connectivity index (χ2n) is 4.20. The van der Waals surface area contributed by atoms with Crippen molar-refractivity contribution in [2.45, 2.75) is 6.18 Å². The van der Waals surface area contributed by atoms with Gasteiger partial charge < -0.3 is 4.42 Å². The van der Waals surface area contributed by atoms with Gasteiger partial charge in [-0.15, -0.1) is 0 Å². The highest BCUT2D eigenvalue weighted by Crippen LogP contribution is 2.29. The fourth-order valence-electron chi connectivity index (χ4n) is 1.83. The van der Waals surface area contributed by atoms with Gasteiger partial charge in [-0.1, -0.05) is 0 Å². The van der Waals surface area contributed by atoms with Crippen LogP contribution in [-0.4, -0.2) is 9.78 Å². The number of aromatic nitrogens is 2. The second-order valence-corrected chi connectivity index (χ2v) is 4.20. The lowest BCUT2D eigenvalue weighted by atomic mass is 10.1. The van der Waals surface area contributed by atoms with Gasteiger partial charge in [0, 0.05) is 11.8 Å². The molecule has 0 amide bonds. The summed E-state index contributed by atoms with van der Waals surface area (Å²) in [5.41, 5.74) is 0.630. The molecule has 20 heavy (non-hydrogen) atoms. The van der Waals surface area contributed by atoms with Crippen LogP contribution in [0.1, 0.15) is 5.56 Å². The smallest absolute Gasteiger partial charge is 0.419 e. The Labute approximate surface area is 112 Å². The summed E-state index contributed by atoms with van der Waals surface area (Å²) < 4.78 is 43.9. The first-order valence-corrected chi connectivity index (χ1v) is 5.80. The zero-order valence-corrected chi connectivity index (χ0v) is 10.1. The summed E-state index contributed by atoms with van der Waals surface area (Å²) >= 11 is 0. The average molecular weight is 278 g/mol. The molecule has 102 valence electrons. The Balaban J connectivity index is 1.90. The lowest BCUT2D eigenvalue weighted by molar-refractivity contribution is -0.137.